The number of esters is 1. The predicted octanol–water partition coefficient (Wildman–Crippen LogP) is 4.92. The van der Waals surface area contributed by atoms with Gasteiger partial charge in [-0.3, -0.25) is 19.0 Å². The van der Waals surface area contributed by atoms with Crippen molar-refractivity contribution in [1.29, 1.82) is 0 Å². The van der Waals surface area contributed by atoms with Gasteiger partial charge in [0.2, 0.25) is 0 Å². The molecule has 7 nitrogen and oxygen atoms in total. The Kier molecular flexibility index (Phi) is 8.91. The minimum absolute atomic E-state index is 0.000730. The highest BCUT2D eigenvalue weighted by atomic mass is 19.1. The van der Waals surface area contributed by atoms with Crippen LogP contribution in [0.3, 0.4) is 0 Å². The number of aromatic nitrogens is 1. The van der Waals surface area contributed by atoms with Crippen LogP contribution >= 0.6 is 0 Å². The molecular formula is C30H33F2N3O4. The van der Waals surface area contributed by atoms with Crippen LogP contribution in [-0.4, -0.2) is 28.5 Å². The molecule has 1 aromatic heterocycles. The number of ketones is 1. The van der Waals surface area contributed by atoms with Crippen LogP contribution in [-0.2, 0) is 16.1 Å². The van der Waals surface area contributed by atoms with E-state index in [1.165, 1.54) is 12.1 Å². The van der Waals surface area contributed by atoms with Gasteiger partial charge in [-0.2, -0.15) is 0 Å². The van der Waals surface area contributed by atoms with E-state index in [9.17, 15) is 23.2 Å². The van der Waals surface area contributed by atoms with Crippen molar-refractivity contribution >= 4 is 17.6 Å². The number of hydrogen-bond acceptors (Lipinski definition) is 6. The lowest BCUT2D eigenvalue weighted by molar-refractivity contribution is -0.151. The monoisotopic (exact) mass is 537 g/mol. The summed E-state index contributed by atoms with van der Waals surface area (Å²) in [6.45, 7) is 4.51. The molecule has 1 aliphatic rings. The molecule has 0 aliphatic heterocycles. The van der Waals surface area contributed by atoms with Crippen molar-refractivity contribution in [1.82, 2.24) is 9.88 Å². The van der Waals surface area contributed by atoms with Crippen molar-refractivity contribution in [2.24, 2.45) is 5.92 Å². The number of rotatable bonds is 10. The number of ether oxygens (including phenoxy) is 1. The average Bonchev–Trinajstić information content (AvgIpc) is 3.40. The summed E-state index contributed by atoms with van der Waals surface area (Å²) in [7, 11) is 0. The Balaban J connectivity index is 1.50. The zero-order valence-corrected chi connectivity index (χ0v) is 22.1. The van der Waals surface area contributed by atoms with E-state index in [-0.39, 0.29) is 29.0 Å². The van der Waals surface area contributed by atoms with Gasteiger partial charge < -0.3 is 15.8 Å². The number of carbonyl (C=O) groups is 2. The van der Waals surface area contributed by atoms with Gasteiger partial charge in [0.05, 0.1) is 16.8 Å². The van der Waals surface area contributed by atoms with Crippen LogP contribution in [0.25, 0.3) is 5.69 Å². The first-order valence-electron chi connectivity index (χ1n) is 13.2. The highest BCUT2D eigenvalue weighted by Gasteiger charge is 2.26. The van der Waals surface area contributed by atoms with Gasteiger partial charge in [0.25, 0.3) is 5.56 Å². The summed E-state index contributed by atoms with van der Waals surface area (Å²) >= 11 is 0. The van der Waals surface area contributed by atoms with Crippen molar-refractivity contribution in [2.75, 3.05) is 5.73 Å². The van der Waals surface area contributed by atoms with Crippen LogP contribution in [0.1, 0.15) is 67.4 Å². The maximum Gasteiger partial charge on any atom is 0.323 e. The number of halogens is 2. The molecule has 4 rings (SSSR count). The van der Waals surface area contributed by atoms with Crippen molar-refractivity contribution in [2.45, 2.75) is 64.6 Å². The van der Waals surface area contributed by atoms with Crippen molar-refractivity contribution in [3.63, 3.8) is 0 Å². The van der Waals surface area contributed by atoms with Gasteiger partial charge in [-0.25, -0.2) is 8.78 Å². The standard InChI is InChI=1S/C30H33F2N3O4/c1-18(2)15-26(30(38)39-22-5-3-4-6-22)34-17-19-7-10-21(11-8-19)35-27(36)14-13-24(29(35)33)28(37)23-12-9-20(31)16-25(23)32/h7-14,16,18,22,26,34H,3-6,15,17,33H2,1-2H3. The van der Waals surface area contributed by atoms with Crippen molar-refractivity contribution in [3.8, 4) is 5.69 Å². The quantitative estimate of drug-likeness (QED) is 0.281. The first-order chi connectivity index (χ1) is 18.6. The van der Waals surface area contributed by atoms with E-state index < -0.39 is 29.0 Å². The van der Waals surface area contributed by atoms with Crippen LogP contribution in [0.2, 0.25) is 0 Å². The third-order valence-electron chi connectivity index (χ3n) is 6.87. The third kappa shape index (κ3) is 6.78. The molecule has 3 N–H and O–H groups in total. The molecule has 0 saturated heterocycles. The second-order valence-corrected chi connectivity index (χ2v) is 10.3. The second-order valence-electron chi connectivity index (χ2n) is 10.3. The van der Waals surface area contributed by atoms with Crippen LogP contribution in [0.4, 0.5) is 14.6 Å². The van der Waals surface area contributed by atoms with Crippen molar-refractivity contribution < 1.29 is 23.1 Å². The molecule has 0 spiro atoms. The molecule has 1 heterocycles. The number of hydrogen-bond donors (Lipinski definition) is 2. The first-order valence-corrected chi connectivity index (χ1v) is 13.2. The van der Waals surface area contributed by atoms with Crippen molar-refractivity contribution in [3.05, 3.63) is 93.3 Å². The molecule has 1 fully saturated rings. The molecule has 0 bridgehead atoms. The van der Waals surface area contributed by atoms with Gasteiger partial charge in [0.1, 0.15) is 29.6 Å². The van der Waals surface area contributed by atoms with E-state index in [0.29, 0.717) is 30.6 Å². The van der Waals surface area contributed by atoms with E-state index in [1.807, 2.05) is 0 Å². The topological polar surface area (TPSA) is 103 Å². The highest BCUT2D eigenvalue weighted by Crippen LogP contribution is 2.23. The summed E-state index contributed by atoms with van der Waals surface area (Å²) in [5, 5.41) is 3.30. The van der Waals surface area contributed by atoms with Gasteiger partial charge in [-0.15, -0.1) is 0 Å². The fourth-order valence-electron chi connectivity index (χ4n) is 4.82. The Hall–Kier alpha value is -3.85. The van der Waals surface area contributed by atoms with E-state index in [1.54, 1.807) is 24.3 Å². The molecule has 1 atom stereocenters. The molecular weight excluding hydrogens is 504 g/mol. The Bertz CT molecular complexity index is 1400. The largest absolute Gasteiger partial charge is 0.461 e. The Labute approximate surface area is 226 Å². The van der Waals surface area contributed by atoms with E-state index >= 15 is 0 Å². The molecule has 206 valence electrons. The smallest absolute Gasteiger partial charge is 0.323 e. The number of nitrogens with zero attached hydrogens (tertiary/aromatic N) is 1. The van der Waals surface area contributed by atoms with Crippen LogP contribution in [0.5, 0.6) is 0 Å². The van der Waals surface area contributed by atoms with Gasteiger partial charge in [-0.05, 0) is 73.9 Å². The lowest BCUT2D eigenvalue weighted by Crippen LogP contribution is -2.40. The highest BCUT2D eigenvalue weighted by molar-refractivity contribution is 6.11. The summed E-state index contributed by atoms with van der Waals surface area (Å²) in [5.74, 6) is -2.68. The molecule has 9 heteroatoms. The van der Waals surface area contributed by atoms with Gasteiger partial charge in [0.15, 0.2) is 5.78 Å². The zero-order valence-electron chi connectivity index (χ0n) is 22.1. The molecule has 1 aliphatic carbocycles. The molecule has 0 amide bonds. The molecule has 3 aromatic rings. The molecule has 1 saturated carbocycles. The maximum absolute atomic E-state index is 14.2. The number of benzene rings is 2. The fraction of sp³-hybridized carbons (Fsp3) is 0.367. The van der Waals surface area contributed by atoms with Gasteiger partial charge in [0, 0.05) is 18.7 Å². The Morgan fingerprint density at radius 2 is 1.69 bits per heavy atom. The second kappa shape index (κ2) is 12.3. The Morgan fingerprint density at radius 1 is 1.03 bits per heavy atom. The van der Waals surface area contributed by atoms with E-state index in [2.05, 4.69) is 19.2 Å². The maximum atomic E-state index is 14.2. The molecule has 2 aromatic carbocycles. The molecule has 39 heavy (non-hydrogen) atoms. The average molecular weight is 538 g/mol. The molecule has 0 radical (unpaired) electrons. The predicted molar refractivity (Wildman–Crippen MR) is 145 cm³/mol. The number of nitrogens with one attached hydrogen (secondary N) is 1. The van der Waals surface area contributed by atoms with E-state index in [4.69, 9.17) is 10.5 Å². The SMILES string of the molecule is CC(C)CC(NCc1ccc(-n2c(N)c(C(=O)c3ccc(F)cc3F)ccc2=O)cc1)C(=O)OC1CCCC1. The lowest BCUT2D eigenvalue weighted by atomic mass is 10.0. The number of nitrogen functional groups attached to an aromatic ring is 1. The third-order valence-corrected chi connectivity index (χ3v) is 6.87. The summed E-state index contributed by atoms with van der Waals surface area (Å²) in [5.41, 5.74) is 6.58. The number of nitrogens with two attached hydrogens (primary N) is 1. The number of anilines is 1. The first kappa shape index (κ1) is 28.2. The normalized spacial score (nSPS) is 14.5. The summed E-state index contributed by atoms with van der Waals surface area (Å²) < 4.78 is 34.4. The minimum atomic E-state index is -1.02. The van der Waals surface area contributed by atoms with E-state index in [0.717, 1.165) is 47.9 Å². The Morgan fingerprint density at radius 3 is 2.33 bits per heavy atom. The van der Waals surface area contributed by atoms with Crippen LogP contribution < -0.4 is 16.6 Å². The lowest BCUT2D eigenvalue weighted by Gasteiger charge is -2.22. The molecule has 1 unspecified atom stereocenters. The zero-order chi connectivity index (χ0) is 28.1. The fourth-order valence-corrected chi connectivity index (χ4v) is 4.82. The van der Waals surface area contributed by atoms with Gasteiger partial charge in [-0.1, -0.05) is 26.0 Å². The summed E-state index contributed by atoms with van der Waals surface area (Å²) in [4.78, 5) is 38.4. The van der Waals surface area contributed by atoms with Gasteiger partial charge >= 0.3 is 5.97 Å². The van der Waals surface area contributed by atoms with Crippen LogP contribution in [0.15, 0.2) is 59.4 Å². The number of pyridine rings is 1. The summed E-state index contributed by atoms with van der Waals surface area (Å²) in [6.07, 6.45) is 4.64. The number of carbonyl (C=O) groups excluding carboxylic acids is 2. The van der Waals surface area contributed by atoms with Crippen LogP contribution in [0, 0.1) is 17.6 Å². The summed E-state index contributed by atoms with van der Waals surface area (Å²) in [6, 6.07) is 11.5. The minimum Gasteiger partial charge on any atom is -0.461 e.